The van der Waals surface area contributed by atoms with E-state index in [0.717, 1.165) is 22.7 Å². The smallest absolute Gasteiger partial charge is 0.209 e. The summed E-state index contributed by atoms with van der Waals surface area (Å²) in [4.78, 5) is 3.81. The number of hydrogen-bond acceptors (Lipinski definition) is 2. The number of fused-ring (bicyclic) bond motifs is 3. The third-order valence-electron chi connectivity index (χ3n) is 3.84. The first kappa shape index (κ1) is 14.6. The van der Waals surface area contributed by atoms with E-state index in [2.05, 4.69) is 39.8 Å². The predicted molar refractivity (Wildman–Crippen MR) is 92.6 cm³/mol. The molecule has 0 radical (unpaired) electrons. The van der Waals surface area contributed by atoms with E-state index in [1.807, 2.05) is 19.1 Å². The highest BCUT2D eigenvalue weighted by atomic mass is 35.5. The number of benzene rings is 2. The van der Waals surface area contributed by atoms with Gasteiger partial charge in [-0.15, -0.1) is 0 Å². The standard InChI is InChI=1S/C17H17ClN4/c1-10(21-22-17(19)20-2)11-3-5-15-12(7-11)8-13-9-14(18)4-6-16(13)15/h3-7,9H,8H2,1-2H3,(H3,19,20,22)/b21-10+. The Bertz CT molecular complexity index is 793. The van der Waals surface area contributed by atoms with Gasteiger partial charge in [-0.2, -0.15) is 5.10 Å². The van der Waals surface area contributed by atoms with Crippen LogP contribution in [0, 0.1) is 0 Å². The molecule has 0 atom stereocenters. The number of rotatable bonds is 2. The molecule has 0 heterocycles. The number of halogens is 1. The lowest BCUT2D eigenvalue weighted by Crippen LogP contribution is -2.27. The molecule has 4 nitrogen and oxygen atoms in total. The van der Waals surface area contributed by atoms with Crippen LogP contribution in [0.1, 0.15) is 23.6 Å². The summed E-state index contributed by atoms with van der Waals surface area (Å²) in [5, 5.41) is 5.02. The number of nitrogens with one attached hydrogen (secondary N) is 1. The van der Waals surface area contributed by atoms with Gasteiger partial charge in [0.15, 0.2) is 0 Å². The molecule has 2 aromatic carbocycles. The summed E-state index contributed by atoms with van der Waals surface area (Å²) in [5.41, 5.74) is 15.3. The van der Waals surface area contributed by atoms with Crippen LogP contribution in [0.3, 0.4) is 0 Å². The van der Waals surface area contributed by atoms with Gasteiger partial charge < -0.3 is 5.73 Å². The predicted octanol–water partition coefficient (Wildman–Crippen LogP) is 3.17. The SMILES string of the molecule is CN=C(N)N/N=C(\C)c1ccc2c(c1)Cc1cc(Cl)ccc1-2. The normalized spacial score (nSPS) is 13.8. The summed E-state index contributed by atoms with van der Waals surface area (Å²) in [6.07, 6.45) is 0.901. The topological polar surface area (TPSA) is 62.8 Å². The Morgan fingerprint density at radius 2 is 1.82 bits per heavy atom. The number of hydrogen-bond donors (Lipinski definition) is 2. The molecule has 0 bridgehead atoms. The maximum Gasteiger partial charge on any atom is 0.209 e. The van der Waals surface area contributed by atoms with Crippen molar-refractivity contribution >= 4 is 23.3 Å². The molecule has 0 saturated heterocycles. The second-order valence-electron chi connectivity index (χ2n) is 5.27. The Morgan fingerprint density at radius 1 is 1.14 bits per heavy atom. The van der Waals surface area contributed by atoms with Gasteiger partial charge in [-0.05, 0) is 59.4 Å². The van der Waals surface area contributed by atoms with E-state index in [-0.39, 0.29) is 0 Å². The van der Waals surface area contributed by atoms with Crippen LogP contribution in [-0.4, -0.2) is 18.7 Å². The van der Waals surface area contributed by atoms with E-state index >= 15 is 0 Å². The van der Waals surface area contributed by atoms with Crippen LogP contribution in [-0.2, 0) is 6.42 Å². The van der Waals surface area contributed by atoms with Gasteiger partial charge in [-0.3, -0.25) is 4.99 Å². The van der Waals surface area contributed by atoms with Gasteiger partial charge in [0.1, 0.15) is 0 Å². The molecule has 5 heteroatoms. The van der Waals surface area contributed by atoms with Crippen LogP contribution >= 0.6 is 11.6 Å². The molecule has 3 rings (SSSR count). The molecule has 0 spiro atoms. The van der Waals surface area contributed by atoms with Crippen molar-refractivity contribution in [3.8, 4) is 11.1 Å². The fourth-order valence-electron chi connectivity index (χ4n) is 2.66. The second-order valence-corrected chi connectivity index (χ2v) is 5.70. The van der Waals surface area contributed by atoms with Crippen LogP contribution in [0.2, 0.25) is 5.02 Å². The Balaban J connectivity index is 1.91. The highest BCUT2D eigenvalue weighted by Gasteiger charge is 2.19. The van der Waals surface area contributed by atoms with E-state index in [1.54, 1.807) is 7.05 Å². The molecule has 0 aromatic heterocycles. The first-order valence-corrected chi connectivity index (χ1v) is 7.41. The lowest BCUT2D eigenvalue weighted by Gasteiger charge is -2.06. The van der Waals surface area contributed by atoms with Crippen LogP contribution < -0.4 is 11.2 Å². The van der Waals surface area contributed by atoms with E-state index in [0.29, 0.717) is 5.96 Å². The molecule has 0 amide bonds. The molecule has 1 aliphatic rings. The first-order chi connectivity index (χ1) is 10.6. The monoisotopic (exact) mass is 312 g/mol. The fraction of sp³-hybridized carbons (Fsp3) is 0.176. The lowest BCUT2D eigenvalue weighted by atomic mass is 10.0. The van der Waals surface area contributed by atoms with Gasteiger partial charge in [-0.25, -0.2) is 5.43 Å². The van der Waals surface area contributed by atoms with Crippen molar-refractivity contribution in [2.24, 2.45) is 15.8 Å². The number of aliphatic imine (C=N–C) groups is 1. The van der Waals surface area contributed by atoms with E-state index in [4.69, 9.17) is 17.3 Å². The van der Waals surface area contributed by atoms with Crippen LogP contribution in [0.15, 0.2) is 46.5 Å². The maximum absolute atomic E-state index is 6.08. The van der Waals surface area contributed by atoms with E-state index in [1.165, 1.54) is 22.3 Å². The fourth-order valence-corrected chi connectivity index (χ4v) is 2.85. The van der Waals surface area contributed by atoms with E-state index < -0.39 is 0 Å². The molecule has 2 aromatic rings. The van der Waals surface area contributed by atoms with Gasteiger partial charge in [-0.1, -0.05) is 29.8 Å². The van der Waals surface area contributed by atoms with Crippen molar-refractivity contribution in [2.75, 3.05) is 7.05 Å². The first-order valence-electron chi connectivity index (χ1n) is 7.03. The molecule has 0 unspecified atom stereocenters. The van der Waals surface area contributed by atoms with E-state index in [9.17, 15) is 0 Å². The Labute approximate surface area is 134 Å². The minimum atomic E-state index is 0.294. The minimum absolute atomic E-state index is 0.294. The average Bonchev–Trinajstić information content (AvgIpc) is 2.88. The average molecular weight is 313 g/mol. The molecular weight excluding hydrogens is 296 g/mol. The molecular formula is C17H17ClN4. The summed E-state index contributed by atoms with van der Waals surface area (Å²) in [6, 6.07) is 12.4. The molecule has 0 saturated carbocycles. The van der Waals surface area contributed by atoms with Crippen LogP contribution in [0.25, 0.3) is 11.1 Å². The summed E-state index contributed by atoms with van der Waals surface area (Å²) in [7, 11) is 1.62. The molecule has 0 aliphatic heterocycles. The van der Waals surface area contributed by atoms with Crippen molar-refractivity contribution in [2.45, 2.75) is 13.3 Å². The van der Waals surface area contributed by atoms with Gasteiger partial charge in [0.05, 0.1) is 5.71 Å². The molecule has 22 heavy (non-hydrogen) atoms. The molecule has 1 aliphatic carbocycles. The third-order valence-corrected chi connectivity index (χ3v) is 4.08. The maximum atomic E-state index is 6.08. The molecule has 0 fully saturated rings. The number of hydrazone groups is 1. The third kappa shape index (κ3) is 2.70. The second kappa shape index (κ2) is 5.81. The van der Waals surface area contributed by atoms with Gasteiger partial charge >= 0.3 is 0 Å². The van der Waals surface area contributed by atoms with Crippen molar-refractivity contribution in [3.63, 3.8) is 0 Å². The zero-order valence-corrected chi connectivity index (χ0v) is 13.3. The molecule has 3 N–H and O–H groups in total. The van der Waals surface area contributed by atoms with Crippen molar-refractivity contribution in [1.29, 1.82) is 0 Å². The summed E-state index contributed by atoms with van der Waals surface area (Å²) >= 11 is 6.08. The number of nitrogens with two attached hydrogens (primary N) is 1. The highest BCUT2D eigenvalue weighted by Crippen LogP contribution is 2.38. The van der Waals surface area contributed by atoms with Crippen molar-refractivity contribution in [1.82, 2.24) is 5.43 Å². The van der Waals surface area contributed by atoms with Gasteiger partial charge in [0.2, 0.25) is 5.96 Å². The Kier molecular flexibility index (Phi) is 3.86. The summed E-state index contributed by atoms with van der Waals surface area (Å²) in [5.74, 6) is 0.294. The number of nitrogens with zero attached hydrogens (tertiary/aromatic N) is 2. The summed E-state index contributed by atoms with van der Waals surface area (Å²) in [6.45, 7) is 1.94. The molecule has 112 valence electrons. The quantitative estimate of drug-likeness (QED) is 0.434. The van der Waals surface area contributed by atoms with Gasteiger partial charge in [0, 0.05) is 12.1 Å². The van der Waals surface area contributed by atoms with Crippen LogP contribution in [0.4, 0.5) is 0 Å². The zero-order valence-electron chi connectivity index (χ0n) is 12.5. The van der Waals surface area contributed by atoms with Gasteiger partial charge in [0.25, 0.3) is 0 Å². The van der Waals surface area contributed by atoms with Crippen molar-refractivity contribution in [3.05, 3.63) is 58.1 Å². The minimum Gasteiger partial charge on any atom is -0.369 e. The van der Waals surface area contributed by atoms with Crippen molar-refractivity contribution < 1.29 is 0 Å². The number of guanidine groups is 1. The Morgan fingerprint density at radius 3 is 2.55 bits per heavy atom. The summed E-state index contributed by atoms with van der Waals surface area (Å²) < 4.78 is 0. The Hall–Kier alpha value is -2.33. The lowest BCUT2D eigenvalue weighted by molar-refractivity contribution is 0.997. The largest absolute Gasteiger partial charge is 0.369 e. The highest BCUT2D eigenvalue weighted by molar-refractivity contribution is 6.30. The zero-order chi connectivity index (χ0) is 15.7. The van der Waals surface area contributed by atoms with Crippen LogP contribution in [0.5, 0.6) is 0 Å².